The van der Waals surface area contributed by atoms with Gasteiger partial charge in [-0.3, -0.25) is 9.69 Å². The summed E-state index contributed by atoms with van der Waals surface area (Å²) in [5.74, 6) is 0.248. The van der Waals surface area contributed by atoms with Gasteiger partial charge in [0.25, 0.3) is 0 Å². The summed E-state index contributed by atoms with van der Waals surface area (Å²) < 4.78 is 0. The molecule has 0 radical (unpaired) electrons. The van der Waals surface area contributed by atoms with Crippen molar-refractivity contribution in [1.29, 1.82) is 0 Å². The lowest BCUT2D eigenvalue weighted by Gasteiger charge is -2.16. The number of hydrogen-bond donors (Lipinski definition) is 2. The molecule has 2 aromatic carbocycles. The topological polar surface area (TPSA) is 58.4 Å². The SMILES string of the molecule is Cc1cc(Cl)ccc1NC(=O)CN1C[C@@H](N)[C@H](c2ccccc2)C1. The summed E-state index contributed by atoms with van der Waals surface area (Å²) in [7, 11) is 0. The van der Waals surface area contributed by atoms with E-state index in [-0.39, 0.29) is 17.9 Å². The second-order valence-corrected chi connectivity index (χ2v) is 6.82. The molecule has 0 unspecified atom stereocenters. The summed E-state index contributed by atoms with van der Waals surface area (Å²) in [6.07, 6.45) is 0. The van der Waals surface area contributed by atoms with Crippen LogP contribution in [-0.4, -0.2) is 36.5 Å². The van der Waals surface area contributed by atoms with Crippen LogP contribution in [0.2, 0.25) is 5.02 Å². The molecule has 0 bridgehead atoms. The number of halogens is 1. The van der Waals surface area contributed by atoms with Crippen molar-refractivity contribution in [2.45, 2.75) is 18.9 Å². The first-order chi connectivity index (χ1) is 11.5. The van der Waals surface area contributed by atoms with Crippen LogP contribution in [0.15, 0.2) is 48.5 Å². The molecular weight excluding hydrogens is 322 g/mol. The maximum Gasteiger partial charge on any atom is 0.238 e. The third-order valence-electron chi connectivity index (χ3n) is 4.50. The van der Waals surface area contributed by atoms with Crippen molar-refractivity contribution in [2.24, 2.45) is 5.73 Å². The average molecular weight is 344 g/mol. The van der Waals surface area contributed by atoms with Crippen molar-refractivity contribution in [3.05, 3.63) is 64.7 Å². The van der Waals surface area contributed by atoms with E-state index in [9.17, 15) is 4.79 Å². The second-order valence-electron chi connectivity index (χ2n) is 6.38. The molecule has 1 saturated heterocycles. The highest BCUT2D eigenvalue weighted by molar-refractivity contribution is 6.30. The van der Waals surface area contributed by atoms with Crippen LogP contribution in [0.1, 0.15) is 17.0 Å². The van der Waals surface area contributed by atoms with E-state index in [2.05, 4.69) is 22.3 Å². The summed E-state index contributed by atoms with van der Waals surface area (Å²) in [5, 5.41) is 3.62. The first-order valence-electron chi connectivity index (χ1n) is 8.12. The molecule has 2 atom stereocenters. The molecule has 5 heteroatoms. The fourth-order valence-corrected chi connectivity index (χ4v) is 3.48. The summed E-state index contributed by atoms with van der Waals surface area (Å²) in [5.41, 5.74) is 9.27. The van der Waals surface area contributed by atoms with Crippen LogP contribution in [0.4, 0.5) is 5.69 Å². The van der Waals surface area contributed by atoms with Crippen LogP contribution in [0.5, 0.6) is 0 Å². The number of anilines is 1. The lowest BCUT2D eigenvalue weighted by Crippen LogP contribution is -2.33. The Hall–Kier alpha value is -1.88. The zero-order valence-corrected chi connectivity index (χ0v) is 14.5. The molecule has 0 aromatic heterocycles. The van der Waals surface area contributed by atoms with Gasteiger partial charge >= 0.3 is 0 Å². The first-order valence-corrected chi connectivity index (χ1v) is 8.49. The minimum atomic E-state index is -0.0265. The molecule has 4 nitrogen and oxygen atoms in total. The smallest absolute Gasteiger partial charge is 0.238 e. The third-order valence-corrected chi connectivity index (χ3v) is 4.73. The molecule has 2 aromatic rings. The minimum Gasteiger partial charge on any atom is -0.326 e. The Morgan fingerprint density at radius 2 is 2.00 bits per heavy atom. The van der Waals surface area contributed by atoms with Gasteiger partial charge in [-0.05, 0) is 36.2 Å². The number of rotatable bonds is 4. The molecule has 3 N–H and O–H groups in total. The predicted molar refractivity (Wildman–Crippen MR) is 98.4 cm³/mol. The van der Waals surface area contributed by atoms with E-state index in [0.29, 0.717) is 11.6 Å². The van der Waals surface area contributed by atoms with E-state index in [1.807, 2.05) is 37.3 Å². The van der Waals surface area contributed by atoms with Gasteiger partial charge in [0.15, 0.2) is 0 Å². The van der Waals surface area contributed by atoms with Crippen molar-refractivity contribution < 1.29 is 4.79 Å². The van der Waals surface area contributed by atoms with Crippen molar-refractivity contribution in [3.63, 3.8) is 0 Å². The Labute approximate surface area is 147 Å². The number of nitrogens with zero attached hydrogens (tertiary/aromatic N) is 1. The summed E-state index contributed by atoms with van der Waals surface area (Å²) in [6, 6.07) is 15.8. The molecule has 0 saturated carbocycles. The summed E-state index contributed by atoms with van der Waals surface area (Å²) in [6.45, 7) is 3.81. The number of nitrogens with two attached hydrogens (primary N) is 1. The quantitative estimate of drug-likeness (QED) is 0.897. The Bertz CT molecular complexity index is 720. The molecule has 126 valence electrons. The molecule has 1 heterocycles. The standard InChI is InChI=1S/C19H22ClN3O/c1-13-9-15(20)7-8-18(13)22-19(24)12-23-10-16(17(21)11-23)14-5-3-2-4-6-14/h2-9,16-17H,10-12,21H2,1H3,(H,22,24)/t16-,17+/m0/s1. The van der Waals surface area contributed by atoms with Gasteiger partial charge in [-0.2, -0.15) is 0 Å². The largest absolute Gasteiger partial charge is 0.326 e. The number of nitrogens with one attached hydrogen (secondary N) is 1. The highest BCUT2D eigenvalue weighted by atomic mass is 35.5. The highest BCUT2D eigenvalue weighted by Gasteiger charge is 2.31. The number of amides is 1. The molecular formula is C19H22ClN3O. The van der Waals surface area contributed by atoms with Crippen LogP contribution in [0.3, 0.4) is 0 Å². The molecule has 0 spiro atoms. The van der Waals surface area contributed by atoms with Crippen LogP contribution in [0, 0.1) is 6.92 Å². The van der Waals surface area contributed by atoms with Crippen molar-refractivity contribution >= 4 is 23.2 Å². The molecule has 24 heavy (non-hydrogen) atoms. The van der Waals surface area contributed by atoms with Crippen molar-refractivity contribution in [1.82, 2.24) is 4.90 Å². The van der Waals surface area contributed by atoms with Crippen LogP contribution < -0.4 is 11.1 Å². The van der Waals surface area contributed by atoms with E-state index in [1.54, 1.807) is 6.07 Å². The lowest BCUT2D eigenvalue weighted by atomic mass is 9.95. The van der Waals surface area contributed by atoms with Gasteiger partial charge in [0, 0.05) is 35.8 Å². The zero-order valence-electron chi connectivity index (χ0n) is 13.7. The van der Waals surface area contributed by atoms with E-state index < -0.39 is 0 Å². The van der Waals surface area contributed by atoms with Crippen molar-refractivity contribution in [2.75, 3.05) is 25.0 Å². The maximum atomic E-state index is 12.3. The average Bonchev–Trinajstić information content (AvgIpc) is 2.91. The van der Waals surface area contributed by atoms with Crippen LogP contribution in [0.25, 0.3) is 0 Å². The van der Waals surface area contributed by atoms with Gasteiger partial charge in [0.1, 0.15) is 0 Å². The van der Waals surface area contributed by atoms with E-state index in [1.165, 1.54) is 5.56 Å². The summed E-state index contributed by atoms with van der Waals surface area (Å²) in [4.78, 5) is 14.4. The predicted octanol–water partition coefficient (Wildman–Crippen LogP) is 3.01. The Kier molecular flexibility index (Phi) is 5.19. The number of hydrogen-bond acceptors (Lipinski definition) is 3. The normalized spacial score (nSPS) is 21.0. The molecule has 1 amide bonds. The summed E-state index contributed by atoms with van der Waals surface area (Å²) >= 11 is 5.95. The number of carbonyl (C=O) groups is 1. The van der Waals surface area contributed by atoms with Crippen LogP contribution >= 0.6 is 11.6 Å². The lowest BCUT2D eigenvalue weighted by molar-refractivity contribution is -0.117. The van der Waals surface area contributed by atoms with E-state index in [0.717, 1.165) is 24.3 Å². The molecule has 3 rings (SSSR count). The number of aryl methyl sites for hydroxylation is 1. The zero-order chi connectivity index (χ0) is 17.1. The molecule has 1 aliphatic rings. The minimum absolute atomic E-state index is 0.0265. The van der Waals surface area contributed by atoms with Gasteiger partial charge < -0.3 is 11.1 Å². The molecule has 1 aliphatic heterocycles. The van der Waals surface area contributed by atoms with Gasteiger partial charge in [0.05, 0.1) is 6.54 Å². The fraction of sp³-hybridized carbons (Fsp3) is 0.316. The number of carbonyl (C=O) groups excluding carboxylic acids is 1. The first kappa shape index (κ1) is 17.0. The van der Waals surface area contributed by atoms with E-state index in [4.69, 9.17) is 17.3 Å². The van der Waals surface area contributed by atoms with Gasteiger partial charge in [-0.25, -0.2) is 0 Å². The monoisotopic (exact) mass is 343 g/mol. The van der Waals surface area contributed by atoms with Crippen molar-refractivity contribution in [3.8, 4) is 0 Å². The Morgan fingerprint density at radius 3 is 2.71 bits per heavy atom. The number of likely N-dealkylation sites (tertiary alicyclic amines) is 1. The van der Waals surface area contributed by atoms with Crippen LogP contribution in [-0.2, 0) is 4.79 Å². The Morgan fingerprint density at radius 1 is 1.25 bits per heavy atom. The molecule has 1 fully saturated rings. The fourth-order valence-electron chi connectivity index (χ4n) is 3.26. The maximum absolute atomic E-state index is 12.3. The Balaban J connectivity index is 1.59. The number of benzene rings is 2. The molecule has 0 aliphatic carbocycles. The second kappa shape index (κ2) is 7.34. The third kappa shape index (κ3) is 3.96. The highest BCUT2D eigenvalue weighted by Crippen LogP contribution is 2.26. The van der Waals surface area contributed by atoms with Gasteiger partial charge in [-0.15, -0.1) is 0 Å². The van der Waals surface area contributed by atoms with Gasteiger partial charge in [-0.1, -0.05) is 41.9 Å². The van der Waals surface area contributed by atoms with E-state index >= 15 is 0 Å². The van der Waals surface area contributed by atoms with Gasteiger partial charge in [0.2, 0.25) is 5.91 Å².